The Bertz CT molecular complexity index is 1160. The van der Waals surface area contributed by atoms with Crippen LogP contribution in [0.2, 0.25) is 0 Å². The van der Waals surface area contributed by atoms with Crippen LogP contribution in [0.4, 0.5) is 0 Å². The van der Waals surface area contributed by atoms with Crippen molar-refractivity contribution in [3.8, 4) is 22.8 Å². The Morgan fingerprint density at radius 1 is 1.15 bits per heavy atom. The molecule has 0 aliphatic rings. The number of nitrogens with zero attached hydrogens (tertiary/aromatic N) is 5. The molecule has 0 amide bonds. The molecule has 8 heteroatoms. The quantitative estimate of drug-likeness (QED) is 0.584. The number of aliphatic hydroxyl groups is 1. The van der Waals surface area contributed by atoms with Crippen molar-refractivity contribution in [1.82, 2.24) is 29.3 Å². The summed E-state index contributed by atoms with van der Waals surface area (Å²) in [6.07, 6.45) is 6.66. The van der Waals surface area contributed by atoms with Crippen LogP contribution in [0.25, 0.3) is 28.6 Å². The average molecular weight is 348 g/mol. The lowest BCUT2D eigenvalue weighted by atomic mass is 10.1. The van der Waals surface area contributed by atoms with Gasteiger partial charge >= 0.3 is 0 Å². The third-order valence-corrected chi connectivity index (χ3v) is 3.96. The first kappa shape index (κ1) is 16.1. The van der Waals surface area contributed by atoms with E-state index in [0.717, 1.165) is 5.69 Å². The molecule has 4 heterocycles. The second-order valence-corrected chi connectivity index (χ2v) is 6.39. The molecule has 0 saturated carbocycles. The van der Waals surface area contributed by atoms with E-state index in [0.29, 0.717) is 28.6 Å². The summed E-state index contributed by atoms with van der Waals surface area (Å²) < 4.78 is 1.79. The van der Waals surface area contributed by atoms with Gasteiger partial charge in [0.2, 0.25) is 11.3 Å². The van der Waals surface area contributed by atoms with Gasteiger partial charge in [0, 0.05) is 30.2 Å². The van der Waals surface area contributed by atoms with E-state index in [4.69, 9.17) is 0 Å². The molecule has 0 spiro atoms. The largest absolute Gasteiger partial charge is 0.384 e. The summed E-state index contributed by atoms with van der Waals surface area (Å²) >= 11 is 0. The molecule has 0 fully saturated rings. The monoisotopic (exact) mass is 348 g/mol. The van der Waals surface area contributed by atoms with Gasteiger partial charge in [-0.3, -0.25) is 9.20 Å². The maximum Gasteiger partial charge on any atom is 0.248 e. The number of nitrogens with one attached hydrogen (secondary N) is 1. The summed E-state index contributed by atoms with van der Waals surface area (Å²) in [5.74, 6) is 0.917. The highest BCUT2D eigenvalue weighted by Gasteiger charge is 2.19. The van der Waals surface area contributed by atoms with Crippen LogP contribution >= 0.6 is 0 Å². The molecule has 0 atom stereocenters. The number of H-pyrrole nitrogens is 1. The van der Waals surface area contributed by atoms with Crippen LogP contribution in [0.15, 0.2) is 53.8 Å². The molecule has 4 rings (SSSR count). The van der Waals surface area contributed by atoms with E-state index < -0.39 is 5.60 Å². The van der Waals surface area contributed by atoms with Crippen LogP contribution in [0.3, 0.4) is 0 Å². The zero-order valence-electron chi connectivity index (χ0n) is 14.2. The van der Waals surface area contributed by atoms with Crippen LogP contribution in [-0.2, 0) is 5.60 Å². The van der Waals surface area contributed by atoms with Crippen molar-refractivity contribution in [2.24, 2.45) is 0 Å². The minimum absolute atomic E-state index is 0.213. The normalized spacial score (nSPS) is 11.8. The Hall–Kier alpha value is -3.39. The van der Waals surface area contributed by atoms with Gasteiger partial charge in [0.15, 0.2) is 5.82 Å². The molecule has 0 radical (unpaired) electrons. The van der Waals surface area contributed by atoms with Gasteiger partial charge in [-0.15, -0.1) is 0 Å². The van der Waals surface area contributed by atoms with E-state index in [1.54, 1.807) is 61.2 Å². The Kier molecular flexibility index (Phi) is 3.62. The zero-order chi connectivity index (χ0) is 18.3. The predicted molar refractivity (Wildman–Crippen MR) is 95.3 cm³/mol. The number of hydrogen-bond donors (Lipinski definition) is 2. The molecule has 0 aliphatic heterocycles. The van der Waals surface area contributed by atoms with Gasteiger partial charge in [0.1, 0.15) is 5.60 Å². The summed E-state index contributed by atoms with van der Waals surface area (Å²) in [6.45, 7) is 3.35. The summed E-state index contributed by atoms with van der Waals surface area (Å²) in [6, 6.07) is 6.71. The molecule has 0 saturated heterocycles. The van der Waals surface area contributed by atoms with E-state index in [1.165, 1.54) is 6.07 Å². The Labute approximate surface area is 148 Å². The third kappa shape index (κ3) is 2.86. The number of aromatic nitrogens is 6. The Morgan fingerprint density at radius 3 is 2.77 bits per heavy atom. The predicted octanol–water partition coefficient (Wildman–Crippen LogP) is 1.77. The second-order valence-electron chi connectivity index (χ2n) is 6.39. The molecule has 0 aromatic carbocycles. The van der Waals surface area contributed by atoms with Crippen molar-refractivity contribution in [3.05, 3.63) is 65.1 Å². The lowest BCUT2D eigenvalue weighted by Gasteiger charge is -2.16. The lowest BCUT2D eigenvalue weighted by Crippen LogP contribution is -2.18. The first-order chi connectivity index (χ1) is 12.4. The van der Waals surface area contributed by atoms with E-state index in [9.17, 15) is 9.90 Å². The molecule has 8 nitrogen and oxygen atoms in total. The van der Waals surface area contributed by atoms with Crippen molar-refractivity contribution in [3.63, 3.8) is 0 Å². The Balaban J connectivity index is 1.81. The molecule has 26 heavy (non-hydrogen) atoms. The smallest absolute Gasteiger partial charge is 0.248 e. The molecule has 2 N–H and O–H groups in total. The maximum absolute atomic E-state index is 11.5. The highest BCUT2D eigenvalue weighted by Crippen LogP contribution is 2.23. The van der Waals surface area contributed by atoms with E-state index in [-0.39, 0.29) is 5.56 Å². The number of fused-ring (bicyclic) bond motifs is 1. The summed E-state index contributed by atoms with van der Waals surface area (Å²) in [4.78, 5) is 31.6. The minimum Gasteiger partial charge on any atom is -0.384 e. The molecule has 4 aromatic rings. The molecular formula is C18H16N6O2. The van der Waals surface area contributed by atoms with Crippen LogP contribution in [-0.4, -0.2) is 34.4 Å². The fourth-order valence-corrected chi connectivity index (χ4v) is 2.63. The van der Waals surface area contributed by atoms with Crippen molar-refractivity contribution < 1.29 is 5.11 Å². The van der Waals surface area contributed by atoms with Crippen LogP contribution in [0.5, 0.6) is 0 Å². The molecule has 4 aromatic heterocycles. The summed E-state index contributed by atoms with van der Waals surface area (Å²) in [5.41, 5.74) is 1.30. The average Bonchev–Trinajstić information content (AvgIpc) is 3.04. The number of pyridine rings is 1. The number of imidazole rings is 1. The van der Waals surface area contributed by atoms with Crippen LogP contribution in [0, 0.1) is 0 Å². The standard InChI is InChI=1S/C18H16N6O2/c1-18(2,26)14-5-8-24-13(10-21-17(24)23-14)12-4-7-20-16(22-12)11-3-6-19-15(25)9-11/h3-10,26H,1-2H3,(H,19,25). The van der Waals surface area contributed by atoms with Crippen molar-refractivity contribution in [1.29, 1.82) is 0 Å². The zero-order valence-corrected chi connectivity index (χ0v) is 14.2. The lowest BCUT2D eigenvalue weighted by molar-refractivity contribution is 0.0739. The van der Waals surface area contributed by atoms with Gasteiger partial charge in [0.25, 0.3) is 0 Å². The topological polar surface area (TPSA) is 109 Å². The minimum atomic E-state index is -1.05. The molecule has 0 aliphatic carbocycles. The number of rotatable bonds is 3. The molecular weight excluding hydrogens is 332 g/mol. The van der Waals surface area contributed by atoms with Crippen LogP contribution < -0.4 is 5.56 Å². The highest BCUT2D eigenvalue weighted by molar-refractivity contribution is 5.62. The van der Waals surface area contributed by atoms with E-state index in [2.05, 4.69) is 24.9 Å². The first-order valence-electron chi connectivity index (χ1n) is 8.01. The van der Waals surface area contributed by atoms with Crippen LogP contribution in [0.1, 0.15) is 19.5 Å². The molecule has 0 bridgehead atoms. The van der Waals surface area contributed by atoms with Crippen molar-refractivity contribution in [2.45, 2.75) is 19.4 Å². The maximum atomic E-state index is 11.5. The fourth-order valence-electron chi connectivity index (χ4n) is 2.63. The number of hydrogen-bond acceptors (Lipinski definition) is 6. The van der Waals surface area contributed by atoms with Crippen molar-refractivity contribution >= 4 is 5.78 Å². The van der Waals surface area contributed by atoms with E-state index in [1.807, 2.05) is 0 Å². The van der Waals surface area contributed by atoms with Gasteiger partial charge < -0.3 is 10.1 Å². The van der Waals surface area contributed by atoms with Gasteiger partial charge in [-0.25, -0.2) is 19.9 Å². The van der Waals surface area contributed by atoms with Gasteiger partial charge in [0.05, 0.1) is 23.3 Å². The van der Waals surface area contributed by atoms with Gasteiger partial charge in [-0.05, 0) is 32.0 Å². The highest BCUT2D eigenvalue weighted by atomic mass is 16.3. The SMILES string of the molecule is CC(C)(O)c1ccn2c(-c3ccnc(-c4cc[nH]c(=O)c4)n3)cnc2n1. The van der Waals surface area contributed by atoms with Crippen molar-refractivity contribution in [2.75, 3.05) is 0 Å². The second kappa shape index (κ2) is 5.85. The Morgan fingerprint density at radius 2 is 2.00 bits per heavy atom. The molecule has 130 valence electrons. The summed E-state index contributed by atoms with van der Waals surface area (Å²) in [5, 5.41) is 10.1. The first-order valence-corrected chi connectivity index (χ1v) is 8.01. The van der Waals surface area contributed by atoms with E-state index >= 15 is 0 Å². The number of aromatic amines is 1. The fraction of sp³-hybridized carbons (Fsp3) is 0.167. The third-order valence-electron chi connectivity index (χ3n) is 3.96. The van der Waals surface area contributed by atoms with Gasteiger partial charge in [-0.2, -0.15) is 0 Å². The van der Waals surface area contributed by atoms with Gasteiger partial charge in [-0.1, -0.05) is 0 Å². The molecule has 0 unspecified atom stereocenters. The summed E-state index contributed by atoms with van der Waals surface area (Å²) in [7, 11) is 0.